The van der Waals surface area contributed by atoms with E-state index in [1.165, 1.54) is 61.2 Å². The average molecular weight is 741 g/mol. The van der Waals surface area contributed by atoms with Crippen LogP contribution in [0.25, 0.3) is 67.3 Å². The Morgan fingerprint density at radius 1 is 0.310 bits per heavy atom. The molecule has 0 fully saturated rings. The minimum atomic E-state index is -0.404. The molecule has 8 aromatic carbocycles. The molecule has 1 aromatic heterocycles. The molecule has 1 heterocycles. The zero-order valence-corrected chi connectivity index (χ0v) is 32.5. The van der Waals surface area contributed by atoms with E-state index in [-0.39, 0.29) is 5.41 Å². The van der Waals surface area contributed by atoms with Crippen LogP contribution in [0.3, 0.4) is 0 Å². The Morgan fingerprint density at radius 3 is 1.28 bits per heavy atom. The lowest BCUT2D eigenvalue weighted by molar-refractivity contribution is 0.563. The monoisotopic (exact) mass is 740 g/mol. The van der Waals surface area contributed by atoms with Crippen LogP contribution in [0, 0.1) is 0 Å². The predicted molar refractivity (Wildman–Crippen MR) is 239 cm³/mol. The van der Waals surface area contributed by atoms with E-state index in [1.807, 2.05) is 12.1 Å². The Hall–Kier alpha value is -7.16. The van der Waals surface area contributed by atoms with Crippen molar-refractivity contribution in [1.82, 2.24) is 9.97 Å². The number of fused-ring (bicyclic) bond motifs is 9. The molecular weight excluding hydrogens is 701 g/mol. The van der Waals surface area contributed by atoms with E-state index < -0.39 is 5.41 Å². The van der Waals surface area contributed by atoms with Crippen LogP contribution in [0.2, 0.25) is 0 Å². The summed E-state index contributed by atoms with van der Waals surface area (Å²) in [5.74, 6) is 0.713. The molecular formula is C56H40N2. The van der Waals surface area contributed by atoms with Crippen LogP contribution < -0.4 is 0 Å². The van der Waals surface area contributed by atoms with Gasteiger partial charge in [0.15, 0.2) is 5.82 Å². The Kier molecular flexibility index (Phi) is 7.78. The van der Waals surface area contributed by atoms with Gasteiger partial charge in [0.1, 0.15) is 0 Å². The summed E-state index contributed by atoms with van der Waals surface area (Å²) in [5.41, 5.74) is 20.1. The smallest absolute Gasteiger partial charge is 0.160 e. The third kappa shape index (κ3) is 5.11. The van der Waals surface area contributed by atoms with Crippen molar-refractivity contribution in [3.8, 4) is 67.3 Å². The zero-order chi connectivity index (χ0) is 38.8. The summed E-state index contributed by atoms with van der Waals surface area (Å²) in [6.07, 6.45) is 0. The zero-order valence-electron chi connectivity index (χ0n) is 32.5. The highest BCUT2D eigenvalue weighted by molar-refractivity contribution is 5.96. The van der Waals surface area contributed by atoms with Crippen LogP contribution >= 0.6 is 0 Å². The molecule has 0 atom stereocenters. The maximum absolute atomic E-state index is 5.04. The Bertz CT molecular complexity index is 2890. The summed E-state index contributed by atoms with van der Waals surface area (Å²) >= 11 is 0. The number of hydrogen-bond acceptors (Lipinski definition) is 2. The molecule has 58 heavy (non-hydrogen) atoms. The lowest BCUT2D eigenvalue weighted by Crippen LogP contribution is -2.40. The fraction of sp³-hybridized carbons (Fsp3) is 0.0714. The molecule has 0 saturated heterocycles. The first kappa shape index (κ1) is 34.1. The van der Waals surface area contributed by atoms with Crippen molar-refractivity contribution in [3.63, 3.8) is 0 Å². The molecule has 2 nitrogen and oxygen atoms in total. The number of benzene rings is 8. The van der Waals surface area contributed by atoms with Crippen LogP contribution in [0.4, 0.5) is 0 Å². The fourth-order valence-corrected chi connectivity index (χ4v) is 9.89. The molecule has 274 valence electrons. The van der Waals surface area contributed by atoms with E-state index in [9.17, 15) is 0 Å². The maximum Gasteiger partial charge on any atom is 0.160 e. The van der Waals surface area contributed by atoms with Crippen LogP contribution in [-0.2, 0) is 10.8 Å². The number of nitrogens with zero attached hydrogens (tertiary/aromatic N) is 2. The van der Waals surface area contributed by atoms with E-state index >= 15 is 0 Å². The fourth-order valence-electron chi connectivity index (χ4n) is 9.89. The van der Waals surface area contributed by atoms with Gasteiger partial charge < -0.3 is 0 Å². The predicted octanol–water partition coefficient (Wildman–Crippen LogP) is 13.8. The van der Waals surface area contributed by atoms with Crippen molar-refractivity contribution in [3.05, 3.63) is 240 Å². The van der Waals surface area contributed by atoms with Gasteiger partial charge in [0, 0.05) is 22.1 Å². The molecule has 0 radical (unpaired) electrons. The lowest BCUT2D eigenvalue weighted by Gasteiger charge is -2.46. The summed E-state index contributed by atoms with van der Waals surface area (Å²) in [4.78, 5) is 10.1. The Balaban J connectivity index is 0.983. The van der Waals surface area contributed by atoms with Crippen molar-refractivity contribution in [2.45, 2.75) is 24.7 Å². The first-order valence-electron chi connectivity index (χ1n) is 20.2. The topological polar surface area (TPSA) is 25.8 Å². The molecule has 11 rings (SSSR count). The molecule has 2 heteroatoms. The molecule has 2 aliphatic rings. The summed E-state index contributed by atoms with van der Waals surface area (Å²) < 4.78 is 0. The average Bonchev–Trinajstić information content (AvgIpc) is 3.60. The van der Waals surface area contributed by atoms with Gasteiger partial charge in [0.05, 0.1) is 16.8 Å². The second-order valence-corrected chi connectivity index (χ2v) is 16.1. The molecule has 0 N–H and O–H groups in total. The van der Waals surface area contributed by atoms with E-state index in [1.54, 1.807) is 0 Å². The molecule has 1 spiro atoms. The quantitative estimate of drug-likeness (QED) is 0.176. The standard InChI is InChI=1S/C56H40N2/c1-55(2)46-23-11-13-25-48(46)56(49-26-14-12-24-47(49)55)45-22-10-9-20-44(45)53-43(21-15-27-50(53)56)39-32-28-37(29-33-39)38-30-34-42(35-31-38)54-57-51(40-16-5-3-6-17-40)36-52(58-54)41-18-7-4-8-19-41/h3-36H,1-2H3. The largest absolute Gasteiger partial charge is 0.228 e. The van der Waals surface area contributed by atoms with Gasteiger partial charge in [-0.3, -0.25) is 0 Å². The third-order valence-corrected chi connectivity index (χ3v) is 12.6. The molecule has 0 aliphatic heterocycles. The van der Waals surface area contributed by atoms with E-state index in [4.69, 9.17) is 9.97 Å². The van der Waals surface area contributed by atoms with Gasteiger partial charge in [0.25, 0.3) is 0 Å². The van der Waals surface area contributed by atoms with Crippen molar-refractivity contribution >= 4 is 0 Å². The molecule has 9 aromatic rings. The van der Waals surface area contributed by atoms with Gasteiger partial charge in [-0.25, -0.2) is 9.97 Å². The second-order valence-electron chi connectivity index (χ2n) is 16.1. The molecule has 0 unspecified atom stereocenters. The van der Waals surface area contributed by atoms with E-state index in [0.29, 0.717) is 5.82 Å². The van der Waals surface area contributed by atoms with Crippen LogP contribution in [-0.4, -0.2) is 9.97 Å². The van der Waals surface area contributed by atoms with Crippen LogP contribution in [0.5, 0.6) is 0 Å². The first-order valence-corrected chi connectivity index (χ1v) is 20.2. The first-order chi connectivity index (χ1) is 28.5. The molecule has 0 saturated carbocycles. The molecule has 2 aliphatic carbocycles. The van der Waals surface area contributed by atoms with Crippen molar-refractivity contribution < 1.29 is 0 Å². The van der Waals surface area contributed by atoms with Gasteiger partial charge in [-0.15, -0.1) is 0 Å². The van der Waals surface area contributed by atoms with Gasteiger partial charge in [-0.2, -0.15) is 0 Å². The molecule has 0 bridgehead atoms. The van der Waals surface area contributed by atoms with Crippen molar-refractivity contribution in [2.24, 2.45) is 0 Å². The summed E-state index contributed by atoms with van der Waals surface area (Å²) in [6.45, 7) is 4.76. The van der Waals surface area contributed by atoms with Gasteiger partial charge >= 0.3 is 0 Å². The summed E-state index contributed by atoms with van der Waals surface area (Å²) in [5, 5.41) is 0. The van der Waals surface area contributed by atoms with Gasteiger partial charge in [-0.1, -0.05) is 214 Å². The molecule has 0 amide bonds. The number of hydrogen-bond donors (Lipinski definition) is 0. The SMILES string of the molecule is CC1(C)c2ccccc2C2(c3ccccc3-c3c(-c4ccc(-c5ccc(-c6nc(-c7ccccc7)cc(-c7ccccc7)n6)cc5)cc4)cccc32)c2ccccc21. The maximum atomic E-state index is 5.04. The minimum absolute atomic E-state index is 0.119. The third-order valence-electron chi connectivity index (χ3n) is 12.6. The highest BCUT2D eigenvalue weighted by Gasteiger charge is 2.53. The second kappa shape index (κ2) is 13.2. The summed E-state index contributed by atoms with van der Waals surface area (Å²) in [7, 11) is 0. The number of aromatic nitrogens is 2. The highest BCUT2D eigenvalue weighted by atomic mass is 14.9. The minimum Gasteiger partial charge on any atom is -0.228 e. The lowest BCUT2D eigenvalue weighted by atomic mass is 9.55. The van der Waals surface area contributed by atoms with E-state index in [2.05, 4.69) is 208 Å². The highest BCUT2D eigenvalue weighted by Crippen LogP contribution is 2.63. The number of rotatable bonds is 5. The van der Waals surface area contributed by atoms with Gasteiger partial charge in [0.2, 0.25) is 0 Å². The normalized spacial score (nSPS) is 14.0. The summed E-state index contributed by atoms with van der Waals surface area (Å²) in [6, 6.07) is 74.8. The van der Waals surface area contributed by atoms with Crippen molar-refractivity contribution in [1.29, 1.82) is 0 Å². The Labute approximate surface area is 340 Å². The van der Waals surface area contributed by atoms with Crippen LogP contribution in [0.15, 0.2) is 206 Å². The van der Waals surface area contributed by atoms with Crippen LogP contribution in [0.1, 0.15) is 47.2 Å². The van der Waals surface area contributed by atoms with E-state index in [0.717, 1.165) is 33.6 Å². The Morgan fingerprint density at radius 2 is 0.724 bits per heavy atom. The van der Waals surface area contributed by atoms with Crippen molar-refractivity contribution in [2.75, 3.05) is 0 Å². The van der Waals surface area contributed by atoms with Gasteiger partial charge in [-0.05, 0) is 72.8 Å².